The van der Waals surface area contributed by atoms with E-state index in [1.807, 2.05) is 37.3 Å². The maximum atomic E-state index is 12.2. The van der Waals surface area contributed by atoms with Crippen molar-refractivity contribution in [3.63, 3.8) is 0 Å². The lowest BCUT2D eigenvalue weighted by atomic mass is 10.1. The molecule has 4 nitrogen and oxygen atoms in total. The topological polar surface area (TPSA) is 64.3 Å². The molecule has 0 aliphatic carbocycles. The van der Waals surface area contributed by atoms with Crippen molar-refractivity contribution in [2.24, 2.45) is 0 Å². The Hall–Kier alpha value is -2.49. The molecule has 0 fully saturated rings. The van der Waals surface area contributed by atoms with Crippen molar-refractivity contribution in [2.75, 3.05) is 12.3 Å². The highest BCUT2D eigenvalue weighted by atomic mass is 16.5. The molecule has 3 N–H and O–H groups in total. The van der Waals surface area contributed by atoms with Gasteiger partial charge in [0.2, 0.25) is 0 Å². The molecule has 4 heteroatoms. The van der Waals surface area contributed by atoms with Crippen LogP contribution in [0.25, 0.3) is 0 Å². The average Bonchev–Trinajstić information content (AvgIpc) is 2.48. The Balaban J connectivity index is 2.10. The first-order valence-electron chi connectivity index (χ1n) is 6.55. The van der Waals surface area contributed by atoms with E-state index in [9.17, 15) is 4.79 Å². The summed E-state index contributed by atoms with van der Waals surface area (Å²) in [7, 11) is 0. The van der Waals surface area contributed by atoms with Gasteiger partial charge in [-0.25, -0.2) is 0 Å². The van der Waals surface area contributed by atoms with E-state index < -0.39 is 0 Å². The lowest BCUT2D eigenvalue weighted by molar-refractivity contribution is 0.0947. The van der Waals surface area contributed by atoms with E-state index in [1.54, 1.807) is 18.2 Å². The highest BCUT2D eigenvalue weighted by molar-refractivity contribution is 5.97. The summed E-state index contributed by atoms with van der Waals surface area (Å²) in [6.07, 6.45) is 0. The van der Waals surface area contributed by atoms with Gasteiger partial charge in [0.15, 0.2) is 0 Å². The maximum Gasteiger partial charge on any atom is 0.255 e. The normalized spacial score (nSPS) is 10.1. The number of ether oxygens (including phenoxy) is 1. The Morgan fingerprint density at radius 3 is 2.65 bits per heavy atom. The molecule has 2 aromatic carbocycles. The first kappa shape index (κ1) is 13.9. The van der Waals surface area contributed by atoms with E-state index in [2.05, 4.69) is 5.32 Å². The monoisotopic (exact) mass is 270 g/mol. The predicted molar refractivity (Wildman–Crippen MR) is 79.6 cm³/mol. The number of carbonyl (C=O) groups excluding carboxylic acids is 1. The van der Waals surface area contributed by atoms with Gasteiger partial charge < -0.3 is 15.8 Å². The summed E-state index contributed by atoms with van der Waals surface area (Å²) in [5, 5.41) is 2.87. The van der Waals surface area contributed by atoms with E-state index in [0.717, 1.165) is 5.56 Å². The second-order valence-corrected chi connectivity index (χ2v) is 4.36. The van der Waals surface area contributed by atoms with Gasteiger partial charge in [0.05, 0.1) is 12.2 Å². The van der Waals surface area contributed by atoms with Crippen molar-refractivity contribution in [3.05, 3.63) is 59.7 Å². The molecule has 0 aliphatic rings. The van der Waals surface area contributed by atoms with Crippen LogP contribution in [0.1, 0.15) is 22.8 Å². The number of benzene rings is 2. The minimum absolute atomic E-state index is 0.190. The molecule has 0 aromatic heterocycles. The Morgan fingerprint density at radius 2 is 1.95 bits per heavy atom. The number of hydrogen-bond acceptors (Lipinski definition) is 3. The second-order valence-electron chi connectivity index (χ2n) is 4.36. The molecule has 0 atom stereocenters. The van der Waals surface area contributed by atoms with Gasteiger partial charge in [0.1, 0.15) is 5.75 Å². The number of nitrogens with one attached hydrogen (secondary N) is 1. The molecule has 0 aliphatic heterocycles. The minimum atomic E-state index is -0.190. The van der Waals surface area contributed by atoms with Gasteiger partial charge in [-0.05, 0) is 30.7 Å². The molecule has 2 aromatic rings. The number of carbonyl (C=O) groups is 1. The fraction of sp³-hybridized carbons (Fsp3) is 0.188. The summed E-state index contributed by atoms with van der Waals surface area (Å²) in [6.45, 7) is 2.85. The molecule has 0 unspecified atom stereocenters. The molecule has 0 radical (unpaired) electrons. The van der Waals surface area contributed by atoms with Crippen LogP contribution >= 0.6 is 0 Å². The van der Waals surface area contributed by atoms with Gasteiger partial charge in [0.25, 0.3) is 5.91 Å². The van der Waals surface area contributed by atoms with Crippen LogP contribution in [0.2, 0.25) is 0 Å². The van der Waals surface area contributed by atoms with Crippen LogP contribution < -0.4 is 15.8 Å². The molecule has 0 bridgehead atoms. The van der Waals surface area contributed by atoms with Crippen molar-refractivity contribution >= 4 is 11.6 Å². The fourth-order valence-electron chi connectivity index (χ4n) is 1.88. The number of anilines is 1. The Kier molecular flexibility index (Phi) is 4.60. The van der Waals surface area contributed by atoms with E-state index >= 15 is 0 Å². The third-order valence-corrected chi connectivity index (χ3v) is 2.84. The van der Waals surface area contributed by atoms with Crippen LogP contribution in [0.3, 0.4) is 0 Å². The van der Waals surface area contributed by atoms with Crippen molar-refractivity contribution in [3.8, 4) is 5.75 Å². The van der Waals surface area contributed by atoms with Gasteiger partial charge >= 0.3 is 0 Å². The molecular formula is C16H18N2O2. The first-order chi connectivity index (χ1) is 9.70. The lowest BCUT2D eigenvalue weighted by Crippen LogP contribution is -2.23. The molecule has 0 spiro atoms. The number of hydrogen-bond donors (Lipinski definition) is 2. The van der Waals surface area contributed by atoms with E-state index in [4.69, 9.17) is 10.5 Å². The Bertz CT molecular complexity index is 582. The summed E-state index contributed by atoms with van der Waals surface area (Å²) >= 11 is 0. The van der Waals surface area contributed by atoms with Crippen molar-refractivity contribution in [1.82, 2.24) is 5.32 Å². The van der Waals surface area contributed by atoms with Crippen LogP contribution in [0.5, 0.6) is 5.75 Å². The summed E-state index contributed by atoms with van der Waals surface area (Å²) in [4.78, 5) is 12.2. The highest BCUT2D eigenvalue weighted by Crippen LogP contribution is 2.21. The zero-order chi connectivity index (χ0) is 14.4. The predicted octanol–water partition coefficient (Wildman–Crippen LogP) is 2.60. The second kappa shape index (κ2) is 6.61. The van der Waals surface area contributed by atoms with Gasteiger partial charge in [-0.3, -0.25) is 4.79 Å². The largest absolute Gasteiger partial charge is 0.493 e. The summed E-state index contributed by atoms with van der Waals surface area (Å²) < 4.78 is 5.45. The molecule has 0 heterocycles. The summed E-state index contributed by atoms with van der Waals surface area (Å²) in [5.74, 6) is 0.358. The zero-order valence-electron chi connectivity index (χ0n) is 11.4. The van der Waals surface area contributed by atoms with E-state index in [1.165, 1.54) is 0 Å². The van der Waals surface area contributed by atoms with Gasteiger partial charge in [-0.15, -0.1) is 0 Å². The molecule has 104 valence electrons. The van der Waals surface area contributed by atoms with Crippen LogP contribution in [0, 0.1) is 0 Å². The molecule has 0 saturated carbocycles. The third kappa shape index (κ3) is 3.51. The lowest BCUT2D eigenvalue weighted by Gasteiger charge is -2.11. The van der Waals surface area contributed by atoms with E-state index in [0.29, 0.717) is 30.2 Å². The van der Waals surface area contributed by atoms with Crippen molar-refractivity contribution in [2.45, 2.75) is 13.5 Å². The maximum absolute atomic E-state index is 12.2. The first-order valence-corrected chi connectivity index (χ1v) is 6.55. The minimum Gasteiger partial charge on any atom is -0.493 e. The molecule has 2 rings (SSSR count). The Labute approximate surface area is 118 Å². The molecule has 1 amide bonds. The van der Waals surface area contributed by atoms with Crippen LogP contribution in [-0.4, -0.2) is 12.5 Å². The van der Waals surface area contributed by atoms with Crippen molar-refractivity contribution in [1.29, 1.82) is 0 Å². The molecular weight excluding hydrogens is 252 g/mol. The van der Waals surface area contributed by atoms with Gasteiger partial charge in [0, 0.05) is 12.2 Å². The van der Waals surface area contributed by atoms with Crippen LogP contribution in [0.4, 0.5) is 5.69 Å². The van der Waals surface area contributed by atoms with Crippen LogP contribution in [0.15, 0.2) is 48.5 Å². The average molecular weight is 270 g/mol. The standard InChI is InChI=1S/C16H18N2O2/c1-2-20-15-9-8-13(17)10-14(15)16(19)18-11-12-6-4-3-5-7-12/h3-10H,2,11,17H2,1H3,(H,18,19). The number of nitrogens with two attached hydrogens (primary N) is 1. The van der Waals surface area contributed by atoms with Crippen molar-refractivity contribution < 1.29 is 9.53 Å². The summed E-state index contributed by atoms with van der Waals surface area (Å²) in [5.41, 5.74) is 7.78. The fourth-order valence-corrected chi connectivity index (χ4v) is 1.88. The number of rotatable bonds is 5. The smallest absolute Gasteiger partial charge is 0.255 e. The molecule has 0 saturated heterocycles. The molecule has 20 heavy (non-hydrogen) atoms. The highest BCUT2D eigenvalue weighted by Gasteiger charge is 2.12. The van der Waals surface area contributed by atoms with Gasteiger partial charge in [-0.2, -0.15) is 0 Å². The third-order valence-electron chi connectivity index (χ3n) is 2.84. The van der Waals surface area contributed by atoms with Gasteiger partial charge in [-0.1, -0.05) is 30.3 Å². The van der Waals surface area contributed by atoms with E-state index in [-0.39, 0.29) is 5.91 Å². The SMILES string of the molecule is CCOc1ccc(N)cc1C(=O)NCc1ccccc1. The van der Waals surface area contributed by atoms with Crippen LogP contribution in [-0.2, 0) is 6.54 Å². The number of nitrogen functional groups attached to an aromatic ring is 1. The summed E-state index contributed by atoms with van der Waals surface area (Å²) in [6, 6.07) is 14.8. The number of amides is 1. The zero-order valence-corrected chi connectivity index (χ0v) is 11.4. The Morgan fingerprint density at radius 1 is 1.20 bits per heavy atom. The quantitative estimate of drug-likeness (QED) is 0.821.